The van der Waals surface area contributed by atoms with Gasteiger partial charge in [-0.05, 0) is 70.6 Å². The lowest BCUT2D eigenvalue weighted by molar-refractivity contribution is -0.305. The molecule has 1 aliphatic rings. The highest BCUT2D eigenvalue weighted by Crippen LogP contribution is 2.26. The molecule has 6 N–H and O–H groups in total. The largest absolute Gasteiger partial charge is 0.454 e. The van der Waals surface area contributed by atoms with Gasteiger partial charge in [-0.2, -0.15) is 0 Å². The van der Waals surface area contributed by atoms with E-state index >= 15 is 0 Å². The van der Waals surface area contributed by atoms with Crippen LogP contribution in [0.2, 0.25) is 0 Å². The lowest BCUT2D eigenvalue weighted by atomic mass is 9.99. The average Bonchev–Trinajstić information content (AvgIpc) is 3.37. The molecule has 1 heterocycles. The summed E-state index contributed by atoms with van der Waals surface area (Å²) in [5, 5.41) is 56.7. The number of carbonyl (C=O) groups is 2. The maximum atomic E-state index is 13.4. The van der Waals surface area contributed by atoms with Crippen LogP contribution in [0.15, 0.2) is 72.9 Å². The van der Waals surface area contributed by atoms with Crippen molar-refractivity contribution < 1.29 is 49.3 Å². The Morgan fingerprint density at radius 2 is 1.01 bits per heavy atom. The number of unbranched alkanes of at least 4 members (excludes halogenated alkanes) is 23. The average molecular weight is 1000 g/mol. The van der Waals surface area contributed by atoms with Gasteiger partial charge in [-0.25, -0.2) is 0 Å². The van der Waals surface area contributed by atoms with Gasteiger partial charge in [0.05, 0.1) is 25.4 Å². The molecule has 11 nitrogen and oxygen atoms in total. The summed E-state index contributed by atoms with van der Waals surface area (Å²) < 4.78 is 17.5. The molecule has 0 bridgehead atoms. The number of hydrogen-bond donors (Lipinski definition) is 6. The first-order valence-corrected chi connectivity index (χ1v) is 28.7. The normalized spacial score (nSPS) is 20.1. The summed E-state index contributed by atoms with van der Waals surface area (Å²) in [6.07, 6.45) is 49.5. The summed E-state index contributed by atoms with van der Waals surface area (Å²) in [6, 6.07) is -1.03. The zero-order valence-corrected chi connectivity index (χ0v) is 45.1. The maximum absolute atomic E-state index is 13.4. The van der Waals surface area contributed by atoms with E-state index in [9.17, 15) is 35.1 Å². The summed E-state index contributed by atoms with van der Waals surface area (Å²) in [4.78, 5) is 26.4. The summed E-state index contributed by atoms with van der Waals surface area (Å²) in [7, 11) is 0. The molecule has 11 heteroatoms. The van der Waals surface area contributed by atoms with Crippen molar-refractivity contribution in [2.45, 2.75) is 282 Å². The summed E-state index contributed by atoms with van der Waals surface area (Å²) in [6.45, 7) is 5.62. The topological polar surface area (TPSA) is 175 Å². The molecule has 0 saturated carbocycles. The standard InChI is InChI=1S/C60H105NO10/c1-4-7-10-13-16-19-22-23-24-25-26-27-28-29-30-33-35-38-41-44-47-53(64)59(68)61-51(52(63)46-43-40-37-34-31-20-17-14-11-8-5-2)50-69-60-58(57(67)56(66)54(49-62)70-60)71-55(65)48-45-42-39-36-32-21-18-15-12-9-6-3/h7,10,16,19,23-24,26-27,29-30,43,46,51-54,56-58,60,62-64,66-67H,4-6,8-9,11-15,17-18,20-22,25,28,31-42,44-45,47-50H2,1-3H3,(H,61,68)/b10-7-,19-16-,24-23-,27-26-,30-29-,46-43+. The summed E-state index contributed by atoms with van der Waals surface area (Å²) in [5.74, 6) is -1.22. The van der Waals surface area contributed by atoms with Crippen LogP contribution in [0, 0.1) is 0 Å². The van der Waals surface area contributed by atoms with Crippen molar-refractivity contribution in [3.05, 3.63) is 72.9 Å². The van der Waals surface area contributed by atoms with Crippen molar-refractivity contribution in [3.8, 4) is 0 Å². The van der Waals surface area contributed by atoms with Gasteiger partial charge in [-0.1, -0.05) is 229 Å². The van der Waals surface area contributed by atoms with Crippen LogP contribution in [0.25, 0.3) is 0 Å². The Labute approximate surface area is 432 Å². The molecular formula is C60H105NO10. The van der Waals surface area contributed by atoms with Crippen LogP contribution in [0.3, 0.4) is 0 Å². The first-order chi connectivity index (χ1) is 34.7. The van der Waals surface area contributed by atoms with E-state index in [4.69, 9.17) is 14.2 Å². The van der Waals surface area contributed by atoms with Crippen LogP contribution in [-0.4, -0.2) is 99.6 Å². The minimum Gasteiger partial charge on any atom is -0.454 e. The lowest BCUT2D eigenvalue weighted by Gasteiger charge is -2.41. The Bertz CT molecular complexity index is 1430. The van der Waals surface area contributed by atoms with E-state index in [2.05, 4.69) is 86.8 Å². The number of esters is 1. The third-order valence-electron chi connectivity index (χ3n) is 13.1. The second kappa shape index (κ2) is 48.1. The second-order valence-electron chi connectivity index (χ2n) is 19.6. The number of amides is 1. The van der Waals surface area contributed by atoms with Crippen molar-refractivity contribution in [3.63, 3.8) is 0 Å². The molecule has 71 heavy (non-hydrogen) atoms. The predicted octanol–water partition coefficient (Wildman–Crippen LogP) is 12.8. The van der Waals surface area contributed by atoms with Gasteiger partial charge < -0.3 is 45.1 Å². The smallest absolute Gasteiger partial charge is 0.306 e. The first-order valence-electron chi connectivity index (χ1n) is 28.7. The van der Waals surface area contributed by atoms with E-state index in [1.807, 2.05) is 6.08 Å². The molecule has 1 rings (SSSR count). The molecule has 1 fully saturated rings. The number of aliphatic hydroxyl groups is 5. The van der Waals surface area contributed by atoms with Crippen molar-refractivity contribution in [2.75, 3.05) is 13.2 Å². The van der Waals surface area contributed by atoms with E-state index in [0.717, 1.165) is 96.3 Å². The number of hydrogen-bond acceptors (Lipinski definition) is 10. The molecule has 8 unspecified atom stereocenters. The van der Waals surface area contributed by atoms with Crippen LogP contribution >= 0.6 is 0 Å². The van der Waals surface area contributed by atoms with Crippen molar-refractivity contribution >= 4 is 11.9 Å². The molecule has 0 radical (unpaired) electrons. The SMILES string of the molecule is CC/C=C\C/C=C\C/C=C\C/C=C\C/C=C\CCCCCCC(O)C(=O)NC(COC1OC(CO)C(O)C(O)C1OC(=O)CCCCCCCCCCCCC)C(O)/C=C/CCCCCCCCCCC. The van der Waals surface area contributed by atoms with Gasteiger partial charge >= 0.3 is 5.97 Å². The Morgan fingerprint density at radius 3 is 1.52 bits per heavy atom. The highest BCUT2D eigenvalue weighted by Gasteiger charge is 2.47. The van der Waals surface area contributed by atoms with Crippen LogP contribution < -0.4 is 5.32 Å². The van der Waals surface area contributed by atoms with E-state index in [-0.39, 0.29) is 19.4 Å². The molecule has 0 aromatic carbocycles. The first kappa shape index (κ1) is 66.1. The van der Waals surface area contributed by atoms with E-state index < -0.39 is 67.4 Å². The Hall–Kier alpha value is -2.90. The number of rotatable bonds is 47. The molecule has 1 amide bonds. The highest BCUT2D eigenvalue weighted by atomic mass is 16.7. The molecule has 0 spiro atoms. The lowest BCUT2D eigenvalue weighted by Crippen LogP contribution is -2.61. The third kappa shape index (κ3) is 36.6. The Balaban J connectivity index is 2.72. The number of carbonyl (C=O) groups excluding carboxylic acids is 2. The molecule has 0 aromatic rings. The van der Waals surface area contributed by atoms with Crippen molar-refractivity contribution in [2.24, 2.45) is 0 Å². The zero-order valence-electron chi connectivity index (χ0n) is 45.1. The quantitative estimate of drug-likeness (QED) is 0.0196. The van der Waals surface area contributed by atoms with Crippen molar-refractivity contribution in [1.82, 2.24) is 5.32 Å². The molecule has 1 saturated heterocycles. The Kier molecular flexibility index (Phi) is 44.8. The third-order valence-corrected chi connectivity index (χ3v) is 13.1. The van der Waals surface area contributed by atoms with Crippen LogP contribution in [0.4, 0.5) is 0 Å². The zero-order chi connectivity index (χ0) is 51.8. The van der Waals surface area contributed by atoms with Crippen molar-refractivity contribution in [1.29, 1.82) is 0 Å². The second-order valence-corrected chi connectivity index (χ2v) is 19.6. The number of ether oxygens (including phenoxy) is 3. The molecule has 0 aliphatic carbocycles. The minimum absolute atomic E-state index is 0.121. The fourth-order valence-corrected chi connectivity index (χ4v) is 8.56. The fourth-order valence-electron chi connectivity index (χ4n) is 8.56. The molecular weight excluding hydrogens is 895 g/mol. The van der Waals surface area contributed by atoms with Gasteiger partial charge in [-0.15, -0.1) is 0 Å². The van der Waals surface area contributed by atoms with E-state index in [1.165, 1.54) is 89.9 Å². The van der Waals surface area contributed by atoms with Gasteiger partial charge in [0.15, 0.2) is 12.4 Å². The van der Waals surface area contributed by atoms with Crippen LogP contribution in [0.5, 0.6) is 0 Å². The maximum Gasteiger partial charge on any atom is 0.306 e. The van der Waals surface area contributed by atoms with Gasteiger partial charge in [0, 0.05) is 6.42 Å². The van der Waals surface area contributed by atoms with E-state index in [0.29, 0.717) is 12.8 Å². The number of allylic oxidation sites excluding steroid dienone is 11. The highest BCUT2D eigenvalue weighted by molar-refractivity contribution is 5.80. The molecule has 0 aromatic heterocycles. The van der Waals surface area contributed by atoms with Crippen LogP contribution in [0.1, 0.15) is 233 Å². The van der Waals surface area contributed by atoms with E-state index in [1.54, 1.807) is 6.08 Å². The van der Waals surface area contributed by atoms with Gasteiger partial charge in [0.25, 0.3) is 0 Å². The fraction of sp³-hybridized carbons (Fsp3) is 0.767. The number of aliphatic hydroxyl groups excluding tert-OH is 5. The minimum atomic E-state index is -1.62. The van der Waals surface area contributed by atoms with Gasteiger partial charge in [0.2, 0.25) is 5.91 Å². The molecule has 1 aliphatic heterocycles. The predicted molar refractivity (Wildman–Crippen MR) is 292 cm³/mol. The molecule has 410 valence electrons. The van der Waals surface area contributed by atoms with Gasteiger partial charge in [0.1, 0.15) is 24.4 Å². The number of nitrogens with one attached hydrogen (secondary N) is 1. The van der Waals surface area contributed by atoms with Crippen LogP contribution in [-0.2, 0) is 23.8 Å². The monoisotopic (exact) mass is 1000 g/mol. The summed E-state index contributed by atoms with van der Waals surface area (Å²) >= 11 is 0. The summed E-state index contributed by atoms with van der Waals surface area (Å²) in [5.41, 5.74) is 0. The van der Waals surface area contributed by atoms with Gasteiger partial charge in [-0.3, -0.25) is 9.59 Å². The molecule has 8 atom stereocenters. The Morgan fingerprint density at radius 1 is 0.563 bits per heavy atom.